The van der Waals surface area contributed by atoms with Gasteiger partial charge in [-0.05, 0) is 25.8 Å². The lowest BCUT2D eigenvalue weighted by atomic mass is 10.1. The first kappa shape index (κ1) is 23.9. The number of hydrogen-bond acceptors (Lipinski definition) is 4. The lowest BCUT2D eigenvalue weighted by Gasteiger charge is -2.14. The van der Waals surface area contributed by atoms with Crippen LogP contribution in [0.3, 0.4) is 0 Å². The minimum atomic E-state index is -0.504. The van der Waals surface area contributed by atoms with Crippen molar-refractivity contribution >= 4 is 29.9 Å². The van der Waals surface area contributed by atoms with Gasteiger partial charge >= 0.3 is 0 Å². The zero-order valence-electron chi connectivity index (χ0n) is 17.3. The van der Waals surface area contributed by atoms with E-state index in [9.17, 15) is 5.11 Å². The van der Waals surface area contributed by atoms with Gasteiger partial charge in [-0.15, -0.1) is 24.0 Å². The summed E-state index contributed by atoms with van der Waals surface area (Å²) in [5, 5.41) is 16.7. The molecule has 30 heavy (non-hydrogen) atoms. The summed E-state index contributed by atoms with van der Waals surface area (Å²) in [6.07, 6.45) is 1.81. The number of aliphatic imine (C=N–C) groups is 1. The number of guanidine groups is 1. The number of oxazole rings is 1. The fraction of sp³-hybridized carbons (Fsp3) is 0.304. The fourth-order valence-corrected chi connectivity index (χ4v) is 2.89. The number of halogens is 1. The fourth-order valence-electron chi connectivity index (χ4n) is 2.89. The quantitative estimate of drug-likeness (QED) is 0.232. The van der Waals surface area contributed by atoms with Crippen molar-refractivity contribution in [3.8, 4) is 11.3 Å². The summed E-state index contributed by atoms with van der Waals surface area (Å²) in [4.78, 5) is 8.86. The van der Waals surface area contributed by atoms with E-state index in [1.165, 1.54) is 5.56 Å². The van der Waals surface area contributed by atoms with E-state index in [0.29, 0.717) is 31.4 Å². The van der Waals surface area contributed by atoms with Gasteiger partial charge in [0.25, 0.3) is 0 Å². The maximum Gasteiger partial charge on any atom is 0.216 e. The molecular formula is C23H29IN4O2. The molecule has 0 amide bonds. The molecule has 0 aliphatic rings. The Balaban J connectivity index is 0.00000320. The van der Waals surface area contributed by atoms with Gasteiger partial charge in [-0.3, -0.25) is 0 Å². The first-order valence-corrected chi connectivity index (χ1v) is 9.92. The monoisotopic (exact) mass is 520 g/mol. The van der Waals surface area contributed by atoms with E-state index in [2.05, 4.69) is 27.5 Å². The number of rotatable bonds is 8. The highest BCUT2D eigenvalue weighted by molar-refractivity contribution is 14.0. The highest BCUT2D eigenvalue weighted by Crippen LogP contribution is 2.21. The van der Waals surface area contributed by atoms with Gasteiger partial charge in [0, 0.05) is 18.7 Å². The van der Waals surface area contributed by atoms with Gasteiger partial charge in [0.05, 0.1) is 12.3 Å². The number of nitrogens with zero attached hydrogens (tertiary/aromatic N) is 2. The highest BCUT2D eigenvalue weighted by atomic mass is 127. The largest absolute Gasteiger partial charge is 0.439 e. The zero-order valence-corrected chi connectivity index (χ0v) is 19.7. The Morgan fingerprint density at radius 1 is 1.10 bits per heavy atom. The number of nitrogens with one attached hydrogen (secondary N) is 2. The van der Waals surface area contributed by atoms with Crippen molar-refractivity contribution in [2.24, 2.45) is 4.99 Å². The van der Waals surface area contributed by atoms with Crippen molar-refractivity contribution in [3.63, 3.8) is 0 Å². The Morgan fingerprint density at radius 2 is 1.83 bits per heavy atom. The van der Waals surface area contributed by atoms with Crippen molar-refractivity contribution in [3.05, 3.63) is 77.8 Å². The predicted molar refractivity (Wildman–Crippen MR) is 131 cm³/mol. The Bertz CT molecular complexity index is 910. The van der Waals surface area contributed by atoms with E-state index in [4.69, 9.17) is 4.42 Å². The van der Waals surface area contributed by atoms with E-state index in [1.54, 1.807) is 6.20 Å². The molecule has 6 nitrogen and oxygen atoms in total. The molecule has 1 unspecified atom stereocenters. The van der Waals surface area contributed by atoms with Crippen molar-refractivity contribution in [2.45, 2.75) is 32.9 Å². The molecule has 3 rings (SSSR count). The van der Waals surface area contributed by atoms with Gasteiger partial charge < -0.3 is 20.2 Å². The summed E-state index contributed by atoms with van der Waals surface area (Å²) in [5.41, 5.74) is 3.12. The Hall–Kier alpha value is -2.39. The van der Waals surface area contributed by atoms with Gasteiger partial charge in [-0.2, -0.15) is 0 Å². The number of aryl methyl sites for hydroxylation is 1. The lowest BCUT2D eigenvalue weighted by Crippen LogP contribution is -2.38. The van der Waals surface area contributed by atoms with Crippen LogP contribution in [0.4, 0.5) is 0 Å². The van der Waals surface area contributed by atoms with Crippen LogP contribution in [0.15, 0.2) is 70.2 Å². The maximum absolute atomic E-state index is 10.3. The van der Waals surface area contributed by atoms with E-state index >= 15 is 0 Å². The van der Waals surface area contributed by atoms with Crippen LogP contribution < -0.4 is 10.6 Å². The molecule has 0 aliphatic heterocycles. The summed E-state index contributed by atoms with van der Waals surface area (Å²) in [6.45, 7) is 5.74. The second-order valence-electron chi connectivity index (χ2n) is 6.82. The topological polar surface area (TPSA) is 82.7 Å². The number of aliphatic hydroxyl groups is 1. The van der Waals surface area contributed by atoms with Crippen LogP contribution in [-0.2, 0) is 6.54 Å². The van der Waals surface area contributed by atoms with Crippen LogP contribution in [0.5, 0.6) is 0 Å². The van der Waals surface area contributed by atoms with Gasteiger partial charge in [0.15, 0.2) is 11.7 Å². The van der Waals surface area contributed by atoms with Crippen molar-refractivity contribution in [2.75, 3.05) is 13.1 Å². The molecule has 0 aliphatic carbocycles. The second kappa shape index (κ2) is 12.3. The molecule has 0 saturated carbocycles. The summed E-state index contributed by atoms with van der Waals surface area (Å²) in [7, 11) is 0. The second-order valence-corrected chi connectivity index (χ2v) is 6.82. The summed E-state index contributed by atoms with van der Waals surface area (Å²) in [5.74, 6) is 1.96. The minimum absolute atomic E-state index is 0. The molecule has 160 valence electrons. The summed E-state index contributed by atoms with van der Waals surface area (Å²) >= 11 is 0. The lowest BCUT2D eigenvalue weighted by molar-refractivity contribution is 0.168. The molecule has 3 aromatic rings. The van der Waals surface area contributed by atoms with E-state index in [1.807, 2.05) is 61.5 Å². The normalized spacial score (nSPS) is 12.2. The predicted octanol–water partition coefficient (Wildman–Crippen LogP) is 4.45. The average molecular weight is 520 g/mol. The van der Waals surface area contributed by atoms with Crippen molar-refractivity contribution in [1.29, 1.82) is 0 Å². The molecule has 3 N–H and O–H groups in total. The van der Waals surface area contributed by atoms with Crippen LogP contribution in [0.2, 0.25) is 0 Å². The van der Waals surface area contributed by atoms with Gasteiger partial charge in [-0.25, -0.2) is 9.98 Å². The van der Waals surface area contributed by atoms with Gasteiger partial charge in [0.1, 0.15) is 6.54 Å². The van der Waals surface area contributed by atoms with Crippen LogP contribution in [0, 0.1) is 6.92 Å². The molecular weight excluding hydrogens is 491 g/mol. The molecule has 0 fully saturated rings. The smallest absolute Gasteiger partial charge is 0.216 e. The van der Waals surface area contributed by atoms with E-state index in [-0.39, 0.29) is 24.0 Å². The standard InChI is InChI=1S/C23H28N4O2.HI/c1-3-24-23(25-14-13-20(28)18-7-5-4-6-8-18)27-16-22-26-15-21(29-22)19-11-9-17(2)10-12-19;/h4-12,15,20,28H,3,13-14,16H2,1-2H3,(H2,24,25,27);1H. The van der Waals surface area contributed by atoms with Gasteiger partial charge in [-0.1, -0.05) is 60.2 Å². The molecule has 1 aromatic heterocycles. The number of benzene rings is 2. The summed E-state index contributed by atoms with van der Waals surface area (Å²) < 4.78 is 5.82. The first-order chi connectivity index (χ1) is 14.2. The molecule has 1 atom stereocenters. The molecule has 2 aromatic carbocycles. The Morgan fingerprint density at radius 3 is 2.53 bits per heavy atom. The van der Waals surface area contributed by atoms with Crippen LogP contribution in [-0.4, -0.2) is 29.1 Å². The maximum atomic E-state index is 10.3. The average Bonchev–Trinajstić information content (AvgIpc) is 3.22. The summed E-state index contributed by atoms with van der Waals surface area (Å²) in [6, 6.07) is 17.8. The first-order valence-electron chi connectivity index (χ1n) is 9.92. The third kappa shape index (κ3) is 7.14. The van der Waals surface area contributed by atoms with Gasteiger partial charge in [0.2, 0.25) is 5.89 Å². The van der Waals surface area contributed by atoms with Crippen molar-refractivity contribution in [1.82, 2.24) is 15.6 Å². The zero-order chi connectivity index (χ0) is 20.5. The molecule has 0 saturated heterocycles. The number of hydrogen-bond donors (Lipinski definition) is 3. The Kier molecular flexibility index (Phi) is 9.82. The minimum Gasteiger partial charge on any atom is -0.439 e. The molecule has 1 heterocycles. The van der Waals surface area contributed by atoms with Crippen LogP contribution >= 0.6 is 24.0 Å². The Labute approximate surface area is 194 Å². The number of aliphatic hydroxyl groups excluding tert-OH is 1. The van der Waals surface area contributed by atoms with Crippen LogP contribution in [0.1, 0.15) is 36.5 Å². The van der Waals surface area contributed by atoms with E-state index in [0.717, 1.165) is 23.4 Å². The number of aromatic nitrogens is 1. The molecule has 0 radical (unpaired) electrons. The third-order valence-corrected chi connectivity index (χ3v) is 4.50. The third-order valence-electron chi connectivity index (χ3n) is 4.50. The molecule has 7 heteroatoms. The molecule has 0 spiro atoms. The molecule has 0 bridgehead atoms. The highest BCUT2D eigenvalue weighted by Gasteiger charge is 2.08. The van der Waals surface area contributed by atoms with Crippen molar-refractivity contribution < 1.29 is 9.52 Å². The van der Waals surface area contributed by atoms with Crippen LogP contribution in [0.25, 0.3) is 11.3 Å². The van der Waals surface area contributed by atoms with E-state index < -0.39 is 6.10 Å². The SMILES string of the molecule is CCNC(=NCc1ncc(-c2ccc(C)cc2)o1)NCCC(O)c1ccccc1.I.